The number of aryl methyl sites for hydroxylation is 1. The summed E-state index contributed by atoms with van der Waals surface area (Å²) in [6, 6.07) is 5.34. The maximum absolute atomic E-state index is 11.7. The molecule has 0 bridgehead atoms. The molecule has 96 valence electrons. The van der Waals surface area contributed by atoms with Crippen molar-refractivity contribution in [2.45, 2.75) is 32.3 Å². The predicted octanol–water partition coefficient (Wildman–Crippen LogP) is 2.15. The first-order chi connectivity index (χ1) is 8.61. The Kier molecular flexibility index (Phi) is 3.65. The van der Waals surface area contributed by atoms with E-state index in [4.69, 9.17) is 4.74 Å². The molecule has 1 aromatic rings. The van der Waals surface area contributed by atoms with E-state index < -0.39 is 12.1 Å². The van der Waals surface area contributed by atoms with E-state index in [2.05, 4.69) is 4.74 Å². The standard InChI is InChI=1S/C14H16O4/c1-9(14(16)17-2)18-11-6-7-12-10(8-11)4-3-5-13(12)15/h6-9H,3-5H2,1-2H3. The second-order valence-corrected chi connectivity index (χ2v) is 4.38. The Labute approximate surface area is 106 Å². The van der Waals surface area contributed by atoms with Crippen LogP contribution in [0.1, 0.15) is 35.7 Å². The van der Waals surface area contributed by atoms with Crippen molar-refractivity contribution in [1.29, 1.82) is 0 Å². The van der Waals surface area contributed by atoms with Gasteiger partial charge in [0, 0.05) is 12.0 Å². The van der Waals surface area contributed by atoms with Crippen LogP contribution < -0.4 is 4.74 Å². The molecule has 4 nitrogen and oxygen atoms in total. The van der Waals surface area contributed by atoms with Crippen LogP contribution in [-0.4, -0.2) is 25.0 Å². The summed E-state index contributed by atoms with van der Waals surface area (Å²) in [7, 11) is 1.33. The van der Waals surface area contributed by atoms with E-state index in [0.717, 1.165) is 24.0 Å². The lowest BCUT2D eigenvalue weighted by Crippen LogP contribution is -2.25. The number of ether oxygens (including phenoxy) is 2. The van der Waals surface area contributed by atoms with Crippen molar-refractivity contribution in [3.8, 4) is 5.75 Å². The minimum absolute atomic E-state index is 0.184. The summed E-state index contributed by atoms with van der Waals surface area (Å²) < 4.78 is 10.1. The Balaban J connectivity index is 2.16. The van der Waals surface area contributed by atoms with Gasteiger partial charge >= 0.3 is 5.97 Å². The molecular formula is C14H16O4. The summed E-state index contributed by atoms with van der Waals surface area (Å²) in [4.78, 5) is 22.9. The molecule has 0 saturated carbocycles. The number of benzene rings is 1. The van der Waals surface area contributed by atoms with Crippen molar-refractivity contribution in [3.05, 3.63) is 29.3 Å². The van der Waals surface area contributed by atoms with Crippen molar-refractivity contribution >= 4 is 11.8 Å². The molecule has 0 spiro atoms. The van der Waals surface area contributed by atoms with Gasteiger partial charge in [-0.05, 0) is 43.5 Å². The van der Waals surface area contributed by atoms with E-state index in [-0.39, 0.29) is 5.78 Å². The smallest absolute Gasteiger partial charge is 0.346 e. The Hall–Kier alpha value is -1.84. The van der Waals surface area contributed by atoms with Crippen molar-refractivity contribution in [2.75, 3.05) is 7.11 Å². The van der Waals surface area contributed by atoms with E-state index in [1.807, 2.05) is 6.07 Å². The Morgan fingerprint density at radius 1 is 1.33 bits per heavy atom. The van der Waals surface area contributed by atoms with Crippen LogP contribution >= 0.6 is 0 Å². The average Bonchev–Trinajstić information content (AvgIpc) is 2.38. The van der Waals surface area contributed by atoms with Crippen LogP contribution in [0.4, 0.5) is 0 Å². The summed E-state index contributed by atoms with van der Waals surface area (Å²) in [5.41, 5.74) is 1.78. The second-order valence-electron chi connectivity index (χ2n) is 4.38. The zero-order valence-corrected chi connectivity index (χ0v) is 10.6. The van der Waals surface area contributed by atoms with E-state index in [0.29, 0.717) is 12.2 Å². The van der Waals surface area contributed by atoms with E-state index >= 15 is 0 Å². The minimum atomic E-state index is -0.646. The van der Waals surface area contributed by atoms with E-state index in [1.54, 1.807) is 19.1 Å². The number of rotatable bonds is 3. The first-order valence-corrected chi connectivity index (χ1v) is 6.02. The fraction of sp³-hybridized carbons (Fsp3) is 0.429. The van der Waals surface area contributed by atoms with Crippen molar-refractivity contribution in [3.63, 3.8) is 0 Å². The molecule has 2 rings (SSSR count). The zero-order chi connectivity index (χ0) is 13.1. The Bertz CT molecular complexity index is 479. The first-order valence-electron chi connectivity index (χ1n) is 6.02. The fourth-order valence-electron chi connectivity index (χ4n) is 2.11. The molecule has 0 fully saturated rings. The van der Waals surface area contributed by atoms with Crippen LogP contribution in [0.3, 0.4) is 0 Å². The topological polar surface area (TPSA) is 52.6 Å². The van der Waals surface area contributed by atoms with Gasteiger partial charge in [-0.15, -0.1) is 0 Å². The van der Waals surface area contributed by atoms with E-state index in [1.165, 1.54) is 7.11 Å². The molecule has 0 heterocycles. The number of carbonyl (C=O) groups is 2. The van der Waals surface area contributed by atoms with Gasteiger partial charge < -0.3 is 9.47 Å². The highest BCUT2D eigenvalue weighted by molar-refractivity contribution is 5.98. The Morgan fingerprint density at radius 2 is 2.11 bits per heavy atom. The highest BCUT2D eigenvalue weighted by atomic mass is 16.6. The third-order valence-corrected chi connectivity index (χ3v) is 3.07. The highest BCUT2D eigenvalue weighted by Gasteiger charge is 2.19. The van der Waals surface area contributed by atoms with Crippen molar-refractivity contribution in [1.82, 2.24) is 0 Å². The van der Waals surface area contributed by atoms with Gasteiger partial charge in [0.1, 0.15) is 5.75 Å². The normalized spacial score (nSPS) is 15.8. The molecule has 1 atom stereocenters. The number of carbonyl (C=O) groups excluding carboxylic acids is 2. The molecule has 0 N–H and O–H groups in total. The van der Waals surface area contributed by atoms with Gasteiger partial charge in [0.2, 0.25) is 0 Å². The summed E-state index contributed by atoms with van der Waals surface area (Å²) in [6.07, 6.45) is 1.73. The molecule has 0 amide bonds. The molecule has 0 aromatic heterocycles. The largest absolute Gasteiger partial charge is 0.479 e. The van der Waals surface area contributed by atoms with Crippen molar-refractivity contribution in [2.24, 2.45) is 0 Å². The lowest BCUT2D eigenvalue weighted by atomic mass is 9.90. The van der Waals surface area contributed by atoms with Gasteiger partial charge in [-0.3, -0.25) is 4.79 Å². The number of Topliss-reactive ketones (excluding diaryl/α,β-unsaturated/α-hetero) is 1. The fourth-order valence-corrected chi connectivity index (χ4v) is 2.11. The molecule has 0 aliphatic heterocycles. The predicted molar refractivity (Wildman–Crippen MR) is 65.8 cm³/mol. The van der Waals surface area contributed by atoms with Crippen LogP contribution in [0.15, 0.2) is 18.2 Å². The molecule has 18 heavy (non-hydrogen) atoms. The van der Waals surface area contributed by atoms with Crippen LogP contribution in [0.2, 0.25) is 0 Å². The number of ketones is 1. The van der Waals surface area contributed by atoms with Gasteiger partial charge in [0.15, 0.2) is 11.9 Å². The average molecular weight is 248 g/mol. The summed E-state index contributed by atoms with van der Waals surface area (Å²) >= 11 is 0. The monoisotopic (exact) mass is 248 g/mol. The van der Waals surface area contributed by atoms with Gasteiger partial charge in [0.25, 0.3) is 0 Å². The summed E-state index contributed by atoms with van der Waals surface area (Å²) in [5, 5.41) is 0. The van der Waals surface area contributed by atoms with Crippen LogP contribution in [-0.2, 0) is 16.0 Å². The lowest BCUT2D eigenvalue weighted by molar-refractivity contribution is -0.147. The lowest BCUT2D eigenvalue weighted by Gasteiger charge is -2.17. The first kappa shape index (κ1) is 12.6. The number of methoxy groups -OCH3 is 1. The molecule has 0 saturated heterocycles. The number of hydrogen-bond donors (Lipinski definition) is 0. The zero-order valence-electron chi connectivity index (χ0n) is 10.6. The van der Waals surface area contributed by atoms with E-state index in [9.17, 15) is 9.59 Å². The molecule has 0 radical (unpaired) electrons. The van der Waals surface area contributed by atoms with Crippen LogP contribution in [0.5, 0.6) is 5.75 Å². The number of esters is 1. The van der Waals surface area contributed by atoms with Gasteiger partial charge in [-0.25, -0.2) is 4.79 Å². The number of fused-ring (bicyclic) bond motifs is 1. The minimum Gasteiger partial charge on any atom is -0.479 e. The van der Waals surface area contributed by atoms with Crippen LogP contribution in [0, 0.1) is 0 Å². The highest BCUT2D eigenvalue weighted by Crippen LogP contribution is 2.25. The molecule has 1 aromatic carbocycles. The van der Waals surface area contributed by atoms with Crippen LogP contribution in [0.25, 0.3) is 0 Å². The van der Waals surface area contributed by atoms with Gasteiger partial charge in [0.05, 0.1) is 7.11 Å². The third-order valence-electron chi connectivity index (χ3n) is 3.07. The third kappa shape index (κ3) is 2.53. The maximum atomic E-state index is 11.7. The molecule has 4 heteroatoms. The molecular weight excluding hydrogens is 232 g/mol. The molecule has 1 aliphatic carbocycles. The summed E-state index contributed by atoms with van der Waals surface area (Å²) in [6.45, 7) is 1.64. The quantitative estimate of drug-likeness (QED) is 0.769. The number of hydrogen-bond acceptors (Lipinski definition) is 4. The molecule has 1 unspecified atom stereocenters. The molecule has 1 aliphatic rings. The maximum Gasteiger partial charge on any atom is 0.346 e. The second kappa shape index (κ2) is 5.21. The van der Waals surface area contributed by atoms with Gasteiger partial charge in [-0.1, -0.05) is 0 Å². The summed E-state index contributed by atoms with van der Waals surface area (Å²) in [5.74, 6) is 0.369. The Morgan fingerprint density at radius 3 is 2.83 bits per heavy atom. The van der Waals surface area contributed by atoms with Crippen molar-refractivity contribution < 1.29 is 19.1 Å². The van der Waals surface area contributed by atoms with Gasteiger partial charge in [-0.2, -0.15) is 0 Å². The SMILES string of the molecule is COC(=O)C(C)Oc1ccc2c(c1)CCCC2=O.